The zero-order valence-corrected chi connectivity index (χ0v) is 13.0. The molecule has 0 aromatic heterocycles. The van der Waals surface area contributed by atoms with Crippen molar-refractivity contribution < 1.29 is 0 Å². The Morgan fingerprint density at radius 2 is 1.90 bits per heavy atom. The zero-order chi connectivity index (χ0) is 13.5. The largest absolute Gasteiger partial charge is 0.118 e. The third kappa shape index (κ3) is 2.30. The molecule has 20 heavy (non-hydrogen) atoms. The summed E-state index contributed by atoms with van der Waals surface area (Å²) >= 11 is 6.90. The van der Waals surface area contributed by atoms with Crippen LogP contribution in [-0.2, 0) is 6.42 Å². The Morgan fingerprint density at radius 1 is 1.00 bits per heavy atom. The van der Waals surface area contributed by atoms with E-state index in [9.17, 15) is 0 Å². The molecule has 108 valence electrons. The molecule has 0 nitrogen and oxygen atoms in total. The van der Waals surface area contributed by atoms with Gasteiger partial charge in [-0.05, 0) is 79.7 Å². The van der Waals surface area contributed by atoms with Crippen molar-refractivity contribution in [2.24, 2.45) is 23.7 Å². The Balaban J connectivity index is 1.51. The normalized spacial score (nSPS) is 39.5. The average Bonchev–Trinajstić information content (AvgIpc) is 3.04. The third-order valence-electron chi connectivity index (χ3n) is 6.28. The molecule has 1 aromatic rings. The van der Waals surface area contributed by atoms with Crippen molar-refractivity contribution in [2.75, 3.05) is 0 Å². The monoisotopic (exact) mass is 288 g/mol. The summed E-state index contributed by atoms with van der Waals surface area (Å²) in [7, 11) is 0. The van der Waals surface area contributed by atoms with E-state index in [-0.39, 0.29) is 5.38 Å². The molecule has 0 heterocycles. The number of fused-ring (bicyclic) bond motifs is 3. The van der Waals surface area contributed by atoms with Crippen molar-refractivity contribution in [3.05, 3.63) is 35.4 Å². The van der Waals surface area contributed by atoms with Gasteiger partial charge in [0.1, 0.15) is 0 Å². The summed E-state index contributed by atoms with van der Waals surface area (Å²) in [6.07, 6.45) is 11.3. The topological polar surface area (TPSA) is 0 Å². The van der Waals surface area contributed by atoms with Crippen molar-refractivity contribution in [2.45, 2.75) is 56.7 Å². The molecule has 0 spiro atoms. The molecule has 1 heteroatoms. The molecular weight excluding hydrogens is 264 g/mol. The molecule has 2 bridgehead atoms. The van der Waals surface area contributed by atoms with Gasteiger partial charge >= 0.3 is 0 Å². The number of halogens is 1. The standard InChI is InChI=1S/C19H25Cl/c20-19-16(12-17-11-13-8-9-15(17)10-13)6-3-5-14-4-1-2-7-18(14)19/h1-2,4,7,13,15-17,19H,3,5-6,8-12H2. The van der Waals surface area contributed by atoms with E-state index in [0.29, 0.717) is 5.92 Å². The maximum atomic E-state index is 6.90. The van der Waals surface area contributed by atoms with E-state index < -0.39 is 0 Å². The number of alkyl halides is 1. The minimum atomic E-state index is 0.257. The van der Waals surface area contributed by atoms with E-state index in [1.807, 2.05) is 0 Å². The lowest BCUT2D eigenvalue weighted by atomic mass is 9.79. The first-order valence-electron chi connectivity index (χ1n) is 8.53. The van der Waals surface area contributed by atoms with Crippen LogP contribution in [0.5, 0.6) is 0 Å². The zero-order valence-electron chi connectivity index (χ0n) is 12.2. The van der Waals surface area contributed by atoms with E-state index >= 15 is 0 Å². The fourth-order valence-corrected chi connectivity index (χ4v) is 5.72. The number of hydrogen-bond acceptors (Lipinski definition) is 0. The van der Waals surface area contributed by atoms with E-state index in [2.05, 4.69) is 24.3 Å². The molecule has 0 N–H and O–H groups in total. The highest BCUT2D eigenvalue weighted by atomic mass is 35.5. The van der Waals surface area contributed by atoms with Gasteiger partial charge in [-0.3, -0.25) is 0 Å². The van der Waals surface area contributed by atoms with Crippen LogP contribution in [0.25, 0.3) is 0 Å². The van der Waals surface area contributed by atoms with Crippen LogP contribution in [0.4, 0.5) is 0 Å². The number of benzene rings is 1. The minimum absolute atomic E-state index is 0.257. The van der Waals surface area contributed by atoms with Gasteiger partial charge in [0, 0.05) is 0 Å². The third-order valence-corrected chi connectivity index (χ3v) is 6.87. The first kappa shape index (κ1) is 13.2. The fourth-order valence-electron chi connectivity index (χ4n) is 5.28. The van der Waals surface area contributed by atoms with Crippen molar-refractivity contribution in [1.29, 1.82) is 0 Å². The van der Waals surface area contributed by atoms with Crippen LogP contribution in [-0.4, -0.2) is 0 Å². The molecule has 5 unspecified atom stereocenters. The summed E-state index contributed by atoms with van der Waals surface area (Å²) in [4.78, 5) is 0. The molecule has 4 rings (SSSR count). The molecular formula is C19H25Cl. The Kier molecular flexibility index (Phi) is 3.54. The molecule has 0 amide bonds. The number of hydrogen-bond donors (Lipinski definition) is 0. The van der Waals surface area contributed by atoms with Gasteiger partial charge in [-0.15, -0.1) is 11.6 Å². The van der Waals surface area contributed by atoms with Crippen LogP contribution in [0.3, 0.4) is 0 Å². The lowest BCUT2D eigenvalue weighted by molar-refractivity contribution is 0.255. The predicted molar refractivity (Wildman–Crippen MR) is 85.0 cm³/mol. The van der Waals surface area contributed by atoms with E-state index in [0.717, 1.165) is 17.8 Å². The summed E-state index contributed by atoms with van der Waals surface area (Å²) in [5, 5.41) is 0.257. The highest BCUT2D eigenvalue weighted by Crippen LogP contribution is 2.52. The fraction of sp³-hybridized carbons (Fsp3) is 0.684. The first-order chi connectivity index (χ1) is 9.81. The summed E-state index contributed by atoms with van der Waals surface area (Å²) in [5.74, 6) is 3.81. The molecule has 2 fully saturated rings. The maximum Gasteiger partial charge on any atom is 0.0616 e. The van der Waals surface area contributed by atoms with Crippen molar-refractivity contribution in [3.8, 4) is 0 Å². The summed E-state index contributed by atoms with van der Waals surface area (Å²) in [5.41, 5.74) is 2.93. The van der Waals surface area contributed by atoms with Crippen LogP contribution >= 0.6 is 11.6 Å². The summed E-state index contributed by atoms with van der Waals surface area (Å²) in [6.45, 7) is 0. The molecule has 0 aliphatic heterocycles. The van der Waals surface area contributed by atoms with Gasteiger partial charge in [0.25, 0.3) is 0 Å². The lowest BCUT2D eigenvalue weighted by Crippen LogP contribution is -2.18. The highest BCUT2D eigenvalue weighted by molar-refractivity contribution is 6.21. The molecule has 0 radical (unpaired) electrons. The van der Waals surface area contributed by atoms with Gasteiger partial charge in [-0.1, -0.05) is 30.7 Å². The summed E-state index contributed by atoms with van der Waals surface area (Å²) in [6, 6.07) is 8.88. The second-order valence-electron chi connectivity index (χ2n) is 7.42. The van der Waals surface area contributed by atoms with Crippen molar-refractivity contribution in [1.82, 2.24) is 0 Å². The van der Waals surface area contributed by atoms with Gasteiger partial charge in [0.15, 0.2) is 0 Å². The second-order valence-corrected chi connectivity index (χ2v) is 7.89. The summed E-state index contributed by atoms with van der Waals surface area (Å²) < 4.78 is 0. The highest BCUT2D eigenvalue weighted by Gasteiger charge is 2.41. The molecule has 2 saturated carbocycles. The molecule has 1 aromatic carbocycles. The van der Waals surface area contributed by atoms with Crippen LogP contribution in [0.15, 0.2) is 24.3 Å². The lowest BCUT2D eigenvalue weighted by Gasteiger charge is -2.29. The van der Waals surface area contributed by atoms with Crippen LogP contribution < -0.4 is 0 Å². The van der Waals surface area contributed by atoms with E-state index in [1.54, 1.807) is 0 Å². The van der Waals surface area contributed by atoms with Gasteiger partial charge in [-0.25, -0.2) is 0 Å². The molecule has 5 atom stereocenters. The Morgan fingerprint density at radius 3 is 2.70 bits per heavy atom. The van der Waals surface area contributed by atoms with Gasteiger partial charge in [-0.2, -0.15) is 0 Å². The second kappa shape index (κ2) is 5.37. The smallest absolute Gasteiger partial charge is 0.0616 e. The van der Waals surface area contributed by atoms with E-state index in [1.165, 1.54) is 62.5 Å². The number of rotatable bonds is 2. The van der Waals surface area contributed by atoms with Crippen molar-refractivity contribution in [3.63, 3.8) is 0 Å². The quantitative estimate of drug-likeness (QED) is 0.480. The molecule has 3 aliphatic carbocycles. The van der Waals surface area contributed by atoms with Gasteiger partial charge in [0.2, 0.25) is 0 Å². The van der Waals surface area contributed by atoms with Crippen LogP contribution in [0, 0.1) is 23.7 Å². The van der Waals surface area contributed by atoms with Crippen molar-refractivity contribution >= 4 is 11.6 Å². The minimum Gasteiger partial charge on any atom is -0.118 e. The van der Waals surface area contributed by atoms with Gasteiger partial charge in [0.05, 0.1) is 5.38 Å². The van der Waals surface area contributed by atoms with Crippen LogP contribution in [0.1, 0.15) is 61.4 Å². The average molecular weight is 289 g/mol. The Bertz CT molecular complexity index is 480. The molecule has 0 saturated heterocycles. The SMILES string of the molecule is ClC1c2ccccc2CCCC1CC1CC2CCC1C2. The van der Waals surface area contributed by atoms with Gasteiger partial charge < -0.3 is 0 Å². The first-order valence-corrected chi connectivity index (χ1v) is 8.97. The molecule has 3 aliphatic rings. The Hall–Kier alpha value is -0.490. The number of aryl methyl sites for hydroxylation is 1. The maximum absolute atomic E-state index is 6.90. The predicted octanol–water partition coefficient (Wildman–Crippen LogP) is 5.75. The Labute approximate surface area is 127 Å². The van der Waals surface area contributed by atoms with Crippen LogP contribution in [0.2, 0.25) is 0 Å². The van der Waals surface area contributed by atoms with E-state index in [4.69, 9.17) is 11.6 Å².